The van der Waals surface area contributed by atoms with Gasteiger partial charge in [0.05, 0.1) is 0 Å². The van der Waals surface area contributed by atoms with Gasteiger partial charge in [-0.3, -0.25) is 4.90 Å². The van der Waals surface area contributed by atoms with Gasteiger partial charge in [0.15, 0.2) is 0 Å². The van der Waals surface area contributed by atoms with Crippen molar-refractivity contribution in [1.29, 1.82) is 0 Å². The number of rotatable bonds is 12. The van der Waals surface area contributed by atoms with Crippen LogP contribution >= 0.6 is 0 Å². The van der Waals surface area contributed by atoms with Crippen molar-refractivity contribution in [1.82, 2.24) is 4.90 Å². The summed E-state index contributed by atoms with van der Waals surface area (Å²) < 4.78 is 0. The Balaban J connectivity index is 2.67. The van der Waals surface area contributed by atoms with Gasteiger partial charge in [0.2, 0.25) is 0 Å². The van der Waals surface area contributed by atoms with Gasteiger partial charge in [0.25, 0.3) is 0 Å². The molecule has 0 aliphatic rings. The van der Waals surface area contributed by atoms with Crippen molar-refractivity contribution in [2.75, 3.05) is 19.6 Å². The lowest BCUT2D eigenvalue weighted by molar-refractivity contribution is 0.284. The predicted molar refractivity (Wildman–Crippen MR) is 99.4 cm³/mol. The monoisotopic (exact) mass is 301 g/mol. The lowest BCUT2D eigenvalue weighted by atomic mass is 10.0. The van der Waals surface area contributed by atoms with E-state index in [0.29, 0.717) is 0 Å². The SMILES string of the molecule is CCC/C=C(/Cc1ccccc1)CN(CCCC)CCCC. The van der Waals surface area contributed by atoms with Crippen molar-refractivity contribution in [3.63, 3.8) is 0 Å². The van der Waals surface area contributed by atoms with Crippen LogP contribution in [0.4, 0.5) is 0 Å². The van der Waals surface area contributed by atoms with Gasteiger partial charge in [-0.15, -0.1) is 0 Å². The lowest BCUT2D eigenvalue weighted by Crippen LogP contribution is -2.28. The van der Waals surface area contributed by atoms with Crippen LogP contribution in [0.25, 0.3) is 0 Å². The Morgan fingerprint density at radius 2 is 1.55 bits per heavy atom. The molecule has 0 amide bonds. The zero-order chi connectivity index (χ0) is 16.0. The van der Waals surface area contributed by atoms with Gasteiger partial charge in [-0.1, -0.05) is 82.0 Å². The molecule has 0 atom stereocenters. The summed E-state index contributed by atoms with van der Waals surface area (Å²) in [4.78, 5) is 2.66. The van der Waals surface area contributed by atoms with Crippen molar-refractivity contribution in [3.05, 3.63) is 47.5 Å². The van der Waals surface area contributed by atoms with Gasteiger partial charge in [-0.2, -0.15) is 0 Å². The van der Waals surface area contributed by atoms with Crippen molar-refractivity contribution >= 4 is 0 Å². The average Bonchev–Trinajstić information content (AvgIpc) is 2.55. The Morgan fingerprint density at radius 1 is 0.909 bits per heavy atom. The first-order valence-corrected chi connectivity index (χ1v) is 9.24. The van der Waals surface area contributed by atoms with Crippen LogP contribution in [0.3, 0.4) is 0 Å². The molecular formula is C21H35N. The van der Waals surface area contributed by atoms with E-state index >= 15 is 0 Å². The molecule has 1 aromatic rings. The first kappa shape index (κ1) is 19.0. The third-order valence-corrected chi connectivity index (χ3v) is 4.08. The van der Waals surface area contributed by atoms with Crippen molar-refractivity contribution < 1.29 is 0 Å². The highest BCUT2D eigenvalue weighted by molar-refractivity contribution is 5.22. The Bertz CT molecular complexity index is 386. The molecule has 0 aliphatic carbocycles. The minimum absolute atomic E-state index is 1.11. The summed E-state index contributed by atoms with van der Waals surface area (Å²) >= 11 is 0. The molecule has 0 radical (unpaired) electrons. The van der Waals surface area contributed by atoms with Gasteiger partial charge in [0, 0.05) is 6.54 Å². The summed E-state index contributed by atoms with van der Waals surface area (Å²) in [5.74, 6) is 0. The number of nitrogens with zero attached hydrogens (tertiary/aromatic N) is 1. The van der Waals surface area contributed by atoms with Gasteiger partial charge >= 0.3 is 0 Å². The minimum Gasteiger partial charge on any atom is -0.299 e. The van der Waals surface area contributed by atoms with Crippen LogP contribution in [0, 0.1) is 0 Å². The standard InChI is InChI=1S/C21H35N/c1-4-7-13-21(18-20-14-11-10-12-15-20)19-22(16-8-5-2)17-9-6-3/h10-15H,4-9,16-19H2,1-3H3/b21-13-. The molecule has 124 valence electrons. The third kappa shape index (κ3) is 8.38. The highest BCUT2D eigenvalue weighted by atomic mass is 15.1. The molecule has 0 aliphatic heterocycles. The second kappa shape index (κ2) is 12.5. The fourth-order valence-corrected chi connectivity index (χ4v) is 2.72. The second-order valence-corrected chi connectivity index (χ2v) is 6.30. The Kier molecular flexibility index (Phi) is 10.7. The first-order chi connectivity index (χ1) is 10.8. The molecule has 0 saturated heterocycles. The molecular weight excluding hydrogens is 266 g/mol. The van der Waals surface area contributed by atoms with Crippen molar-refractivity contribution in [2.24, 2.45) is 0 Å². The number of hydrogen-bond donors (Lipinski definition) is 0. The van der Waals surface area contributed by atoms with Gasteiger partial charge in [-0.05, 0) is 44.3 Å². The molecule has 0 spiro atoms. The van der Waals surface area contributed by atoms with E-state index in [-0.39, 0.29) is 0 Å². The topological polar surface area (TPSA) is 3.24 Å². The summed E-state index contributed by atoms with van der Waals surface area (Å²) in [5, 5.41) is 0. The van der Waals surface area contributed by atoms with Crippen LogP contribution in [0.5, 0.6) is 0 Å². The summed E-state index contributed by atoms with van der Waals surface area (Å²) in [6.45, 7) is 10.5. The van der Waals surface area contributed by atoms with Crippen molar-refractivity contribution in [3.8, 4) is 0 Å². The van der Waals surface area contributed by atoms with E-state index in [0.717, 1.165) is 13.0 Å². The van der Waals surface area contributed by atoms with Crippen LogP contribution in [0.15, 0.2) is 42.0 Å². The minimum atomic E-state index is 1.11. The number of allylic oxidation sites excluding steroid dienone is 1. The Labute approximate surface area is 138 Å². The molecule has 0 fully saturated rings. The molecule has 0 aromatic heterocycles. The maximum atomic E-state index is 2.66. The summed E-state index contributed by atoms with van der Waals surface area (Å²) in [7, 11) is 0. The number of unbranched alkanes of at least 4 members (excludes halogenated alkanes) is 3. The summed E-state index contributed by atoms with van der Waals surface area (Å²) in [6, 6.07) is 10.9. The molecule has 1 heteroatoms. The van der Waals surface area contributed by atoms with Crippen LogP contribution in [-0.4, -0.2) is 24.5 Å². The fraction of sp³-hybridized carbons (Fsp3) is 0.619. The molecule has 22 heavy (non-hydrogen) atoms. The number of hydrogen-bond acceptors (Lipinski definition) is 1. The van der Waals surface area contributed by atoms with E-state index in [9.17, 15) is 0 Å². The predicted octanol–water partition coefficient (Wildman–Crippen LogP) is 5.86. The van der Waals surface area contributed by atoms with Gasteiger partial charge in [0.1, 0.15) is 0 Å². The van der Waals surface area contributed by atoms with E-state index in [1.54, 1.807) is 5.57 Å². The molecule has 0 unspecified atom stereocenters. The highest BCUT2D eigenvalue weighted by Crippen LogP contribution is 2.13. The summed E-state index contributed by atoms with van der Waals surface area (Å²) in [5.41, 5.74) is 3.04. The maximum absolute atomic E-state index is 2.66. The Morgan fingerprint density at radius 3 is 2.09 bits per heavy atom. The zero-order valence-corrected chi connectivity index (χ0v) is 15.0. The molecule has 0 saturated carbocycles. The van der Waals surface area contributed by atoms with E-state index in [2.05, 4.69) is 62.1 Å². The molecule has 1 aromatic carbocycles. The number of benzene rings is 1. The first-order valence-electron chi connectivity index (χ1n) is 9.24. The van der Waals surface area contributed by atoms with E-state index in [1.807, 2.05) is 0 Å². The fourth-order valence-electron chi connectivity index (χ4n) is 2.72. The molecule has 1 nitrogen and oxygen atoms in total. The maximum Gasteiger partial charge on any atom is 0.0196 e. The van der Waals surface area contributed by atoms with E-state index in [1.165, 1.54) is 57.2 Å². The van der Waals surface area contributed by atoms with Gasteiger partial charge < -0.3 is 0 Å². The zero-order valence-electron chi connectivity index (χ0n) is 15.0. The normalized spacial score (nSPS) is 12.1. The van der Waals surface area contributed by atoms with E-state index < -0.39 is 0 Å². The summed E-state index contributed by atoms with van der Waals surface area (Å²) in [6.07, 6.45) is 11.2. The van der Waals surface area contributed by atoms with E-state index in [4.69, 9.17) is 0 Å². The lowest BCUT2D eigenvalue weighted by Gasteiger charge is -2.24. The van der Waals surface area contributed by atoms with Gasteiger partial charge in [-0.25, -0.2) is 0 Å². The Hall–Kier alpha value is -1.08. The average molecular weight is 302 g/mol. The largest absolute Gasteiger partial charge is 0.299 e. The molecule has 0 N–H and O–H groups in total. The smallest absolute Gasteiger partial charge is 0.0196 e. The third-order valence-electron chi connectivity index (χ3n) is 4.08. The molecule has 0 heterocycles. The highest BCUT2D eigenvalue weighted by Gasteiger charge is 2.08. The second-order valence-electron chi connectivity index (χ2n) is 6.30. The molecule has 1 rings (SSSR count). The van der Waals surface area contributed by atoms with Crippen LogP contribution < -0.4 is 0 Å². The van der Waals surface area contributed by atoms with Crippen molar-refractivity contribution in [2.45, 2.75) is 65.7 Å². The quantitative estimate of drug-likeness (QED) is 0.437. The van der Waals surface area contributed by atoms with Crippen LogP contribution in [0.2, 0.25) is 0 Å². The molecule has 0 bridgehead atoms. The van der Waals surface area contributed by atoms with Crippen LogP contribution in [0.1, 0.15) is 64.9 Å². The van der Waals surface area contributed by atoms with Crippen LogP contribution in [-0.2, 0) is 6.42 Å².